The number of hydrogen-bond donors (Lipinski definition) is 1. The van der Waals surface area contributed by atoms with Gasteiger partial charge >= 0.3 is 0 Å². The lowest BCUT2D eigenvalue weighted by molar-refractivity contribution is 0.0645. The molecule has 1 aliphatic carbocycles. The highest BCUT2D eigenvalue weighted by molar-refractivity contribution is 6.33. The van der Waals surface area contributed by atoms with E-state index in [9.17, 15) is 9.90 Å². The number of aryl methyl sites for hydroxylation is 2. The number of aromatic nitrogens is 2. The molecule has 0 spiro atoms. The van der Waals surface area contributed by atoms with Gasteiger partial charge in [-0.05, 0) is 25.7 Å². The molecule has 0 aliphatic heterocycles. The van der Waals surface area contributed by atoms with E-state index in [1.807, 2.05) is 0 Å². The van der Waals surface area contributed by atoms with Gasteiger partial charge in [0.15, 0.2) is 0 Å². The maximum absolute atomic E-state index is 12.3. The molecule has 0 bridgehead atoms. The Hall–Kier alpha value is -1.07. The first-order valence-electron chi connectivity index (χ1n) is 6.04. The molecule has 1 unspecified atom stereocenters. The number of carbonyl (C=O) groups is 1. The highest BCUT2D eigenvalue weighted by atomic mass is 35.5. The number of aliphatic hydroxyl groups is 1. The van der Waals surface area contributed by atoms with Gasteiger partial charge in [-0.3, -0.25) is 9.48 Å². The lowest BCUT2D eigenvalue weighted by atomic mass is 10.2. The summed E-state index contributed by atoms with van der Waals surface area (Å²) in [6.07, 6.45) is 1.67. The topological polar surface area (TPSA) is 58.4 Å². The highest BCUT2D eigenvalue weighted by Crippen LogP contribution is 2.33. The van der Waals surface area contributed by atoms with Crippen molar-refractivity contribution in [1.29, 1.82) is 0 Å². The smallest absolute Gasteiger partial charge is 0.258 e. The number of carbonyl (C=O) groups excluding carboxylic acids is 1. The van der Waals surface area contributed by atoms with Crippen LogP contribution in [0, 0.1) is 12.8 Å². The lowest BCUT2D eigenvalue weighted by Crippen LogP contribution is -2.35. The maximum Gasteiger partial charge on any atom is 0.258 e. The Labute approximate surface area is 111 Å². The van der Waals surface area contributed by atoms with Gasteiger partial charge in [0.05, 0.1) is 17.4 Å². The van der Waals surface area contributed by atoms with E-state index in [1.165, 1.54) is 9.58 Å². The van der Waals surface area contributed by atoms with Crippen LogP contribution in [0.5, 0.6) is 0 Å². The predicted octanol–water partition coefficient (Wildman–Crippen LogP) is 1.22. The van der Waals surface area contributed by atoms with E-state index in [0.29, 0.717) is 28.9 Å². The molecule has 1 aromatic heterocycles. The Kier molecular flexibility index (Phi) is 3.64. The fourth-order valence-electron chi connectivity index (χ4n) is 2.06. The second-order valence-electron chi connectivity index (χ2n) is 4.97. The fraction of sp³-hybridized carbons (Fsp3) is 0.667. The standard InChI is InChI=1S/C12H18ClN3O2/c1-7-10(11(13)16(3)14-7)12(18)15(2)6-9(17)8-4-5-8/h8-9,17H,4-6H2,1-3H3. The molecule has 5 nitrogen and oxygen atoms in total. The quantitative estimate of drug-likeness (QED) is 0.896. The summed E-state index contributed by atoms with van der Waals surface area (Å²) < 4.78 is 1.48. The average Bonchev–Trinajstić information content (AvgIpc) is 3.08. The monoisotopic (exact) mass is 271 g/mol. The minimum atomic E-state index is -0.435. The molecular formula is C12H18ClN3O2. The summed E-state index contributed by atoms with van der Waals surface area (Å²) in [5.74, 6) is 0.163. The molecule has 1 amide bonds. The van der Waals surface area contributed by atoms with Crippen LogP contribution in [0.4, 0.5) is 0 Å². The SMILES string of the molecule is Cc1nn(C)c(Cl)c1C(=O)N(C)CC(O)C1CC1. The molecule has 18 heavy (non-hydrogen) atoms. The minimum absolute atomic E-state index is 0.190. The van der Waals surface area contributed by atoms with Crippen molar-refractivity contribution >= 4 is 17.5 Å². The molecule has 1 saturated carbocycles. The second-order valence-corrected chi connectivity index (χ2v) is 5.32. The van der Waals surface area contributed by atoms with Crippen LogP contribution < -0.4 is 0 Å². The van der Waals surface area contributed by atoms with Gasteiger partial charge in [0.2, 0.25) is 0 Å². The number of aliphatic hydroxyl groups excluding tert-OH is 1. The molecule has 1 N–H and O–H groups in total. The van der Waals surface area contributed by atoms with Gasteiger partial charge in [0.25, 0.3) is 5.91 Å². The molecule has 1 fully saturated rings. The zero-order valence-electron chi connectivity index (χ0n) is 10.9. The summed E-state index contributed by atoms with van der Waals surface area (Å²) in [5.41, 5.74) is 1.03. The number of amides is 1. The highest BCUT2D eigenvalue weighted by Gasteiger charge is 2.32. The Bertz CT molecular complexity index is 468. The van der Waals surface area contributed by atoms with E-state index < -0.39 is 6.10 Å². The molecule has 6 heteroatoms. The maximum atomic E-state index is 12.3. The van der Waals surface area contributed by atoms with Gasteiger partial charge in [0, 0.05) is 20.6 Å². The summed E-state index contributed by atoms with van der Waals surface area (Å²) in [6, 6.07) is 0. The number of rotatable bonds is 4. The summed E-state index contributed by atoms with van der Waals surface area (Å²) in [6.45, 7) is 2.10. The molecule has 1 heterocycles. The number of hydrogen-bond acceptors (Lipinski definition) is 3. The molecule has 0 radical (unpaired) electrons. The van der Waals surface area contributed by atoms with Crippen molar-refractivity contribution in [3.8, 4) is 0 Å². The Balaban J connectivity index is 2.09. The predicted molar refractivity (Wildman–Crippen MR) is 68.6 cm³/mol. The molecule has 0 saturated heterocycles. The Morgan fingerprint density at radius 2 is 2.28 bits per heavy atom. The molecule has 1 aromatic rings. The Morgan fingerprint density at radius 3 is 2.72 bits per heavy atom. The molecular weight excluding hydrogens is 254 g/mol. The van der Waals surface area contributed by atoms with Crippen molar-refractivity contribution in [2.24, 2.45) is 13.0 Å². The molecule has 0 aromatic carbocycles. The Morgan fingerprint density at radius 1 is 1.67 bits per heavy atom. The summed E-state index contributed by atoms with van der Waals surface area (Å²) >= 11 is 6.05. The van der Waals surface area contributed by atoms with Gasteiger partial charge in [-0.1, -0.05) is 11.6 Å². The van der Waals surface area contributed by atoms with E-state index in [2.05, 4.69) is 5.10 Å². The third-order valence-electron chi connectivity index (χ3n) is 3.34. The first-order valence-corrected chi connectivity index (χ1v) is 6.42. The number of likely N-dealkylation sites (N-methyl/N-ethyl adjacent to an activating group) is 1. The van der Waals surface area contributed by atoms with Crippen LogP contribution in [0.25, 0.3) is 0 Å². The van der Waals surface area contributed by atoms with Crippen LogP contribution in [0.1, 0.15) is 28.9 Å². The van der Waals surface area contributed by atoms with Crippen molar-refractivity contribution in [2.75, 3.05) is 13.6 Å². The van der Waals surface area contributed by atoms with Gasteiger partial charge in [-0.15, -0.1) is 0 Å². The van der Waals surface area contributed by atoms with Gasteiger partial charge in [-0.2, -0.15) is 5.10 Å². The van der Waals surface area contributed by atoms with Gasteiger partial charge in [0.1, 0.15) is 5.15 Å². The zero-order valence-corrected chi connectivity index (χ0v) is 11.6. The molecule has 1 atom stereocenters. The van der Waals surface area contributed by atoms with Gasteiger partial charge in [-0.25, -0.2) is 0 Å². The second kappa shape index (κ2) is 4.90. The first-order chi connectivity index (χ1) is 8.41. The van der Waals surface area contributed by atoms with Crippen LogP contribution in [-0.4, -0.2) is 45.4 Å². The van der Waals surface area contributed by atoms with E-state index in [0.717, 1.165) is 12.8 Å². The number of halogens is 1. The van der Waals surface area contributed by atoms with Crippen LogP contribution in [0.15, 0.2) is 0 Å². The van der Waals surface area contributed by atoms with E-state index >= 15 is 0 Å². The van der Waals surface area contributed by atoms with E-state index in [4.69, 9.17) is 11.6 Å². The minimum Gasteiger partial charge on any atom is -0.391 e. The van der Waals surface area contributed by atoms with Crippen LogP contribution >= 0.6 is 11.6 Å². The molecule has 1 aliphatic rings. The third kappa shape index (κ3) is 2.52. The average molecular weight is 272 g/mol. The van der Waals surface area contributed by atoms with Crippen LogP contribution in [0.3, 0.4) is 0 Å². The van der Waals surface area contributed by atoms with E-state index in [-0.39, 0.29) is 5.91 Å². The van der Waals surface area contributed by atoms with Crippen molar-refractivity contribution in [3.63, 3.8) is 0 Å². The van der Waals surface area contributed by atoms with Crippen LogP contribution in [0.2, 0.25) is 5.15 Å². The number of nitrogens with zero attached hydrogens (tertiary/aromatic N) is 3. The lowest BCUT2D eigenvalue weighted by Gasteiger charge is -2.20. The zero-order chi connectivity index (χ0) is 13.4. The van der Waals surface area contributed by atoms with Crippen LogP contribution in [-0.2, 0) is 7.05 Å². The van der Waals surface area contributed by atoms with Crippen molar-refractivity contribution in [1.82, 2.24) is 14.7 Å². The third-order valence-corrected chi connectivity index (χ3v) is 3.77. The molecule has 2 rings (SSSR count). The normalized spacial score (nSPS) is 16.7. The van der Waals surface area contributed by atoms with Gasteiger partial charge < -0.3 is 10.0 Å². The summed E-state index contributed by atoms with van der Waals surface area (Å²) in [4.78, 5) is 13.8. The largest absolute Gasteiger partial charge is 0.391 e. The first kappa shape index (κ1) is 13.4. The van der Waals surface area contributed by atoms with Crippen molar-refractivity contribution in [2.45, 2.75) is 25.9 Å². The van der Waals surface area contributed by atoms with Crippen molar-refractivity contribution < 1.29 is 9.90 Å². The van der Waals surface area contributed by atoms with Crippen molar-refractivity contribution in [3.05, 3.63) is 16.4 Å². The molecule has 100 valence electrons. The summed E-state index contributed by atoms with van der Waals surface area (Å²) in [7, 11) is 3.38. The van der Waals surface area contributed by atoms with E-state index in [1.54, 1.807) is 21.0 Å². The fourth-order valence-corrected chi connectivity index (χ4v) is 2.31. The summed E-state index contributed by atoms with van der Waals surface area (Å²) in [5, 5.41) is 14.3.